The van der Waals surface area contributed by atoms with Gasteiger partial charge in [0.1, 0.15) is 19.0 Å². The lowest BCUT2D eigenvalue weighted by Gasteiger charge is -2.22. The third-order valence-electron chi connectivity index (χ3n) is 7.40. The highest BCUT2D eigenvalue weighted by molar-refractivity contribution is 5.73. The number of nitrogens with one attached hydrogen (secondary N) is 1. The maximum absolute atomic E-state index is 9.15. The van der Waals surface area contributed by atoms with Gasteiger partial charge in [0, 0.05) is 29.8 Å². The van der Waals surface area contributed by atoms with Crippen molar-refractivity contribution in [2.75, 3.05) is 33.0 Å². The first-order chi connectivity index (χ1) is 18.7. The highest BCUT2D eigenvalue weighted by Crippen LogP contribution is 2.36. The number of hydrogen-bond donors (Lipinski definition) is 2. The van der Waals surface area contributed by atoms with Gasteiger partial charge in [-0.15, -0.1) is 0 Å². The minimum atomic E-state index is 0.118. The van der Waals surface area contributed by atoms with Crippen molar-refractivity contribution in [1.29, 1.82) is 0 Å². The summed E-state index contributed by atoms with van der Waals surface area (Å²) in [7, 11) is 0. The van der Waals surface area contributed by atoms with Crippen molar-refractivity contribution < 1.29 is 19.3 Å². The summed E-state index contributed by atoms with van der Waals surface area (Å²) in [6.07, 6.45) is 6.44. The van der Waals surface area contributed by atoms with E-state index in [4.69, 9.17) is 19.3 Å². The average Bonchev–Trinajstić information content (AvgIpc) is 2.96. The molecular formula is C33H37NO4. The van der Waals surface area contributed by atoms with Crippen LogP contribution in [0.15, 0.2) is 54.6 Å². The Bertz CT molecular complexity index is 1300. The van der Waals surface area contributed by atoms with Crippen molar-refractivity contribution >= 4 is 0 Å². The van der Waals surface area contributed by atoms with Gasteiger partial charge in [0.05, 0.1) is 13.2 Å². The molecule has 3 aromatic rings. The first kappa shape index (κ1) is 26.2. The number of rotatable bonds is 8. The van der Waals surface area contributed by atoms with Gasteiger partial charge in [-0.3, -0.25) is 0 Å². The molecule has 5 heteroatoms. The predicted molar refractivity (Wildman–Crippen MR) is 151 cm³/mol. The molecule has 0 radical (unpaired) electrons. The minimum Gasteiger partial charge on any atom is -0.493 e. The maximum Gasteiger partial charge on any atom is 0.161 e. The zero-order chi connectivity index (χ0) is 26.2. The Hall–Kier alpha value is -3.46. The van der Waals surface area contributed by atoms with Crippen molar-refractivity contribution in [3.8, 4) is 40.2 Å². The predicted octanol–water partition coefficient (Wildman–Crippen LogP) is 5.87. The van der Waals surface area contributed by atoms with E-state index < -0.39 is 0 Å². The fourth-order valence-electron chi connectivity index (χ4n) is 5.21. The van der Waals surface area contributed by atoms with Gasteiger partial charge in [0.2, 0.25) is 0 Å². The lowest BCUT2D eigenvalue weighted by atomic mass is 9.90. The molecule has 0 unspecified atom stereocenters. The summed E-state index contributed by atoms with van der Waals surface area (Å²) in [6, 6.07) is 18.5. The Kier molecular flexibility index (Phi) is 8.86. The number of hydrogen-bond acceptors (Lipinski definition) is 5. The molecule has 198 valence electrons. The Morgan fingerprint density at radius 3 is 2.63 bits per heavy atom. The zero-order valence-corrected chi connectivity index (χ0v) is 22.2. The monoisotopic (exact) mass is 511 g/mol. The van der Waals surface area contributed by atoms with E-state index in [1.807, 2.05) is 12.1 Å². The fourth-order valence-corrected chi connectivity index (χ4v) is 5.21. The Labute approximate surface area is 226 Å². The third kappa shape index (κ3) is 6.51. The third-order valence-corrected chi connectivity index (χ3v) is 7.40. The number of aliphatic hydroxyl groups is 1. The summed E-state index contributed by atoms with van der Waals surface area (Å²) in [5.74, 6) is 9.86. The van der Waals surface area contributed by atoms with Crippen LogP contribution in [0.4, 0.5) is 0 Å². The zero-order valence-electron chi connectivity index (χ0n) is 22.2. The van der Waals surface area contributed by atoms with Gasteiger partial charge in [0.25, 0.3) is 0 Å². The largest absolute Gasteiger partial charge is 0.493 e. The van der Waals surface area contributed by atoms with Crippen LogP contribution in [0, 0.1) is 24.7 Å². The molecule has 0 saturated heterocycles. The van der Waals surface area contributed by atoms with E-state index in [0.29, 0.717) is 32.2 Å². The lowest BCUT2D eigenvalue weighted by Crippen LogP contribution is -2.19. The summed E-state index contributed by atoms with van der Waals surface area (Å²) >= 11 is 0. The van der Waals surface area contributed by atoms with Gasteiger partial charge in [-0.05, 0) is 72.7 Å². The van der Waals surface area contributed by atoms with E-state index in [-0.39, 0.29) is 6.61 Å². The average molecular weight is 512 g/mol. The van der Waals surface area contributed by atoms with E-state index in [1.165, 1.54) is 32.1 Å². The van der Waals surface area contributed by atoms with Gasteiger partial charge in [-0.25, -0.2) is 0 Å². The van der Waals surface area contributed by atoms with Crippen LogP contribution in [0.5, 0.6) is 17.2 Å². The molecule has 1 aliphatic heterocycles. The number of ether oxygens (including phenoxy) is 3. The van der Waals surface area contributed by atoms with E-state index in [0.717, 1.165) is 57.2 Å². The second-order valence-corrected chi connectivity index (χ2v) is 10.1. The summed E-state index contributed by atoms with van der Waals surface area (Å²) in [5.41, 5.74) is 6.38. The molecule has 0 aromatic heterocycles. The topological polar surface area (TPSA) is 60.0 Å². The first-order valence-electron chi connectivity index (χ1n) is 13.8. The molecule has 0 amide bonds. The smallest absolute Gasteiger partial charge is 0.161 e. The maximum atomic E-state index is 9.15. The normalized spacial score (nSPS) is 15.0. The van der Waals surface area contributed by atoms with Crippen LogP contribution in [0.3, 0.4) is 0 Å². The van der Waals surface area contributed by atoms with Crippen LogP contribution in [-0.2, 0) is 6.54 Å². The second kappa shape index (κ2) is 12.9. The molecule has 5 nitrogen and oxygen atoms in total. The van der Waals surface area contributed by atoms with Crippen LogP contribution in [0.25, 0.3) is 11.1 Å². The summed E-state index contributed by atoms with van der Waals surface area (Å²) in [6.45, 7) is 5.36. The van der Waals surface area contributed by atoms with Gasteiger partial charge in [0.15, 0.2) is 11.5 Å². The van der Waals surface area contributed by atoms with Crippen LogP contribution in [-0.4, -0.2) is 38.1 Å². The molecule has 2 N–H and O–H groups in total. The molecule has 0 spiro atoms. The molecule has 3 aromatic carbocycles. The van der Waals surface area contributed by atoms with E-state index in [9.17, 15) is 0 Å². The lowest BCUT2D eigenvalue weighted by molar-refractivity contribution is 0.171. The van der Waals surface area contributed by atoms with Crippen molar-refractivity contribution in [2.45, 2.75) is 45.6 Å². The minimum absolute atomic E-state index is 0.118. The van der Waals surface area contributed by atoms with Gasteiger partial charge in [-0.1, -0.05) is 55.4 Å². The van der Waals surface area contributed by atoms with Gasteiger partial charge >= 0.3 is 0 Å². The van der Waals surface area contributed by atoms with Crippen molar-refractivity contribution in [3.05, 3.63) is 76.9 Å². The Morgan fingerprint density at radius 2 is 1.79 bits per heavy atom. The highest BCUT2D eigenvalue weighted by atomic mass is 16.6. The van der Waals surface area contributed by atoms with Crippen molar-refractivity contribution in [1.82, 2.24) is 5.32 Å². The van der Waals surface area contributed by atoms with E-state index in [1.54, 1.807) is 0 Å². The molecule has 1 saturated carbocycles. The molecule has 0 bridgehead atoms. The SMILES string of the molecule is Cc1c(C#Cc2ccc(CNCCO)c(OCC3CCCCC3)c2)cccc1-c1ccc2c(c1)OCCO2. The molecule has 1 fully saturated rings. The number of aliphatic hydroxyl groups excluding tert-OH is 1. The Balaban J connectivity index is 1.37. The summed E-state index contributed by atoms with van der Waals surface area (Å²) in [5, 5.41) is 12.4. The quantitative estimate of drug-likeness (QED) is 0.292. The molecule has 2 aliphatic rings. The molecule has 38 heavy (non-hydrogen) atoms. The summed E-state index contributed by atoms with van der Waals surface area (Å²) < 4.78 is 17.8. The van der Waals surface area contributed by atoms with Crippen LogP contribution in [0.2, 0.25) is 0 Å². The molecule has 0 atom stereocenters. The fraction of sp³-hybridized carbons (Fsp3) is 0.394. The van der Waals surface area contributed by atoms with E-state index in [2.05, 4.69) is 66.5 Å². The second-order valence-electron chi connectivity index (χ2n) is 10.1. The van der Waals surface area contributed by atoms with Crippen molar-refractivity contribution in [3.63, 3.8) is 0 Å². The van der Waals surface area contributed by atoms with Crippen LogP contribution in [0.1, 0.15) is 54.4 Å². The summed E-state index contributed by atoms with van der Waals surface area (Å²) in [4.78, 5) is 0. The number of benzene rings is 3. The van der Waals surface area contributed by atoms with Gasteiger partial charge in [-0.2, -0.15) is 0 Å². The van der Waals surface area contributed by atoms with Crippen LogP contribution >= 0.6 is 0 Å². The highest BCUT2D eigenvalue weighted by Gasteiger charge is 2.16. The van der Waals surface area contributed by atoms with Crippen LogP contribution < -0.4 is 19.5 Å². The Morgan fingerprint density at radius 1 is 0.947 bits per heavy atom. The van der Waals surface area contributed by atoms with E-state index >= 15 is 0 Å². The first-order valence-corrected chi connectivity index (χ1v) is 13.8. The van der Waals surface area contributed by atoms with Gasteiger partial charge < -0.3 is 24.6 Å². The standard InChI is InChI=1S/C33H37NO4/c1-24-27(8-5-9-30(24)28-14-15-31-33(21-28)37-19-18-36-31)12-10-25-11-13-29(22-34-16-17-35)32(20-25)38-23-26-6-3-2-4-7-26/h5,8-9,11,13-15,20-21,26,34-35H,2-4,6-7,16-19,22-23H2,1H3. The molecule has 1 aliphatic carbocycles. The molecule has 1 heterocycles. The molecular weight excluding hydrogens is 474 g/mol. The molecule has 5 rings (SSSR count). The van der Waals surface area contributed by atoms with Crippen molar-refractivity contribution in [2.24, 2.45) is 5.92 Å². The number of fused-ring (bicyclic) bond motifs is 1.